The van der Waals surface area contributed by atoms with E-state index < -0.39 is 175 Å². The third-order valence-electron chi connectivity index (χ3n) is 18.1. The zero-order chi connectivity index (χ0) is 78.2. The molecule has 2 bridgehead atoms. The van der Waals surface area contributed by atoms with Gasteiger partial charge in [-0.1, -0.05) is 83.2 Å². The average molecular weight is 1490 g/mol. The summed E-state index contributed by atoms with van der Waals surface area (Å²) in [4.78, 5) is 200. The number of aryl methyl sites for hydroxylation is 2. The van der Waals surface area contributed by atoms with Gasteiger partial charge in [0.15, 0.2) is 0 Å². The molecule has 35 nitrogen and oxygen atoms in total. The van der Waals surface area contributed by atoms with Crippen molar-refractivity contribution in [3.05, 3.63) is 102 Å². The number of hydrogen-bond donors (Lipinski definition) is 17. The Morgan fingerprint density at radius 2 is 1.18 bits per heavy atom. The molecular formula is C72H100N20O15. The number of para-hydroxylation sites is 2. The Bertz CT molecular complexity index is 4110. The molecule has 0 spiro atoms. The van der Waals surface area contributed by atoms with Crippen LogP contribution in [0, 0.1) is 17.8 Å². The standard InChI is InChI=1S/C72H100N20O15/c1-37(2)26-53-64(99)78-34-58(94)81-52(23-24-59(95)96)66(101)85-54(27-38(3)4)71(106)88-60(39(5)6)72(107)87-56(29-43-32-77-49-19-13-11-17-47(43)49)68(103)82-51(67(102)89-61(41(8)93)62(73)97)20-14-15-25-92-35-44(90-91-92)21-22-50(74-9)65(100)80-40(7)63(98)83-55(28-42-31-76-48-18-12-10-16-46(42)48)69(104)86-57(70(105)84-53)30-45-33-75-36-79-45/h10-13,16-19,31-33,35-41,50-57,60-61,76-77,93H,9,14-15,20-30,34H2,1-8H3,(H2,73,97)(H,75,79)(H,78,99)(H,80,100)(H,81,94)(H,82,103)(H,83,98)(H,84,105)(H,85,101)(H,86,104)(H,87,107)(H,88,106)(H,89,102)(H,95,96)/t40-,41+,50-,51-,52-,53-,54-,55-,56-,57-,60-,61-/m0/s1. The maximum Gasteiger partial charge on any atom is 0.303 e. The fourth-order valence-corrected chi connectivity index (χ4v) is 12.3. The summed E-state index contributed by atoms with van der Waals surface area (Å²) in [7, 11) is 0. The number of aliphatic hydroxyl groups excluding tert-OH is 1. The van der Waals surface area contributed by atoms with Crippen LogP contribution in [0.25, 0.3) is 21.8 Å². The van der Waals surface area contributed by atoms with Gasteiger partial charge in [-0.25, -0.2) is 4.98 Å². The lowest BCUT2D eigenvalue weighted by Gasteiger charge is -2.29. The summed E-state index contributed by atoms with van der Waals surface area (Å²) in [6, 6.07) is -1.17. The Morgan fingerprint density at radius 1 is 0.636 bits per heavy atom. The number of nitrogens with zero attached hydrogens (tertiary/aromatic N) is 5. The molecule has 0 saturated heterocycles. The van der Waals surface area contributed by atoms with E-state index in [1.807, 2.05) is 18.2 Å². The van der Waals surface area contributed by atoms with Gasteiger partial charge >= 0.3 is 5.97 Å². The maximum absolute atomic E-state index is 14.9. The molecule has 2 aromatic carbocycles. The van der Waals surface area contributed by atoms with E-state index >= 15 is 0 Å². The van der Waals surface area contributed by atoms with E-state index in [4.69, 9.17) is 5.73 Å². The molecule has 107 heavy (non-hydrogen) atoms. The number of carboxylic acids is 1. The first kappa shape index (κ1) is 82.9. The van der Waals surface area contributed by atoms with Gasteiger partial charge in [0, 0.05) is 84.5 Å². The lowest BCUT2D eigenvalue weighted by Crippen LogP contribution is -2.61. The summed E-state index contributed by atoms with van der Waals surface area (Å²) < 4.78 is 1.52. The van der Waals surface area contributed by atoms with Crippen LogP contribution in [0.5, 0.6) is 0 Å². The molecule has 0 saturated carbocycles. The van der Waals surface area contributed by atoms with Gasteiger partial charge in [-0.15, -0.1) is 5.10 Å². The number of aromatic nitrogens is 7. The summed E-state index contributed by atoms with van der Waals surface area (Å²) in [6.07, 6.45) is 5.22. The number of amides is 12. The monoisotopic (exact) mass is 1480 g/mol. The number of hydrogen-bond acceptors (Lipinski definition) is 18. The van der Waals surface area contributed by atoms with E-state index in [2.05, 4.69) is 100 Å². The first-order valence-corrected chi connectivity index (χ1v) is 35.8. The lowest BCUT2D eigenvalue weighted by molar-refractivity contribution is -0.138. The normalized spacial score (nSPS) is 23.2. The second kappa shape index (κ2) is 39.6. The Hall–Kier alpha value is -11.4. The molecule has 12 amide bonds. The first-order chi connectivity index (χ1) is 50.9. The van der Waals surface area contributed by atoms with Crippen LogP contribution in [0.4, 0.5) is 0 Å². The number of benzene rings is 2. The van der Waals surface area contributed by atoms with E-state index in [1.54, 1.807) is 90.5 Å². The molecule has 0 radical (unpaired) electrons. The van der Waals surface area contributed by atoms with Crippen molar-refractivity contribution in [1.29, 1.82) is 0 Å². The number of nitrogens with two attached hydrogens (primary N) is 1. The van der Waals surface area contributed by atoms with Gasteiger partial charge in [0.1, 0.15) is 66.5 Å². The largest absolute Gasteiger partial charge is 0.481 e. The van der Waals surface area contributed by atoms with Crippen LogP contribution in [0.3, 0.4) is 0 Å². The molecule has 5 heterocycles. The van der Waals surface area contributed by atoms with Crippen molar-refractivity contribution in [2.45, 2.75) is 212 Å². The zero-order valence-corrected chi connectivity index (χ0v) is 61.3. The molecule has 7 rings (SSSR count). The van der Waals surface area contributed by atoms with Crippen LogP contribution >= 0.6 is 0 Å². The number of aromatic amines is 3. The number of H-pyrrole nitrogens is 3. The van der Waals surface area contributed by atoms with Gasteiger partial charge in [0.05, 0.1) is 24.7 Å². The third-order valence-corrected chi connectivity index (χ3v) is 18.1. The Kier molecular flexibility index (Phi) is 30.7. The average Bonchev–Trinajstić information content (AvgIpc) is 1.78. The number of rotatable bonds is 19. The number of aliphatic imine (C=N–C) groups is 1. The lowest BCUT2D eigenvalue weighted by atomic mass is 9.98. The molecule has 12 atom stereocenters. The van der Waals surface area contributed by atoms with Gasteiger partial charge in [0.2, 0.25) is 70.9 Å². The van der Waals surface area contributed by atoms with Gasteiger partial charge in [0.25, 0.3) is 0 Å². The molecule has 0 aliphatic carbocycles. The SMILES string of the molecule is C=N[C@H]1CCc2cn(nn2)CCCC[C@@H](C(=O)N[C@H](C(N)=O)[C@@H](C)O)NC(=O)[C@H](Cc2c[nH]c3ccccc23)NC(=O)[C@H](C(C)C)NC(=O)[C@H](CC(C)C)NC(=O)[C@H](CCC(=O)O)NC(=O)CNC(=O)[C@H](CC(C)C)NC(=O)[C@H](Cc2cnc[nH]2)NC(=O)[C@H](Cc2c[nH]c3ccccc23)NC(=O)[C@H](C)NC1=O. The van der Waals surface area contributed by atoms with Gasteiger partial charge in [-0.3, -0.25) is 72.0 Å². The van der Waals surface area contributed by atoms with Gasteiger partial charge in [-0.2, -0.15) is 0 Å². The van der Waals surface area contributed by atoms with Crippen LogP contribution < -0.4 is 64.2 Å². The molecule has 1 aliphatic heterocycles. The summed E-state index contributed by atoms with van der Waals surface area (Å²) >= 11 is 0. The Labute approximate surface area is 617 Å². The number of carbonyl (C=O) groups is 13. The maximum atomic E-state index is 14.9. The Morgan fingerprint density at radius 3 is 1.73 bits per heavy atom. The van der Waals surface area contributed by atoms with Crippen LogP contribution in [0.1, 0.15) is 129 Å². The number of aliphatic carboxylic acids is 1. The van der Waals surface area contributed by atoms with E-state index in [0.717, 1.165) is 10.9 Å². The molecule has 6 aromatic rings. The van der Waals surface area contributed by atoms with Crippen LogP contribution in [0.2, 0.25) is 0 Å². The number of fused-ring (bicyclic) bond motifs is 4. The predicted molar refractivity (Wildman–Crippen MR) is 391 cm³/mol. The fourth-order valence-electron chi connectivity index (χ4n) is 12.3. The minimum absolute atomic E-state index is 0.00629. The molecular weight excluding hydrogens is 1380 g/mol. The van der Waals surface area contributed by atoms with Crippen molar-refractivity contribution in [1.82, 2.24) is 93.4 Å². The minimum Gasteiger partial charge on any atom is -0.481 e. The summed E-state index contributed by atoms with van der Waals surface area (Å²) in [5.74, 6) is -13.2. The van der Waals surface area contributed by atoms with Crippen molar-refractivity contribution in [2.75, 3.05) is 6.54 Å². The van der Waals surface area contributed by atoms with Crippen LogP contribution in [0.15, 0.2) is 84.6 Å². The van der Waals surface area contributed by atoms with Crippen LogP contribution in [-0.2, 0) is 94.6 Å². The topological polar surface area (TPSA) is 524 Å². The highest BCUT2D eigenvalue weighted by molar-refractivity contribution is 6.00. The van der Waals surface area contributed by atoms with E-state index in [1.165, 1.54) is 31.1 Å². The second-order valence-corrected chi connectivity index (χ2v) is 28.1. The summed E-state index contributed by atoms with van der Waals surface area (Å²) in [5.41, 5.74) is 9.01. The third kappa shape index (κ3) is 24.9. The number of aliphatic hydroxyl groups is 1. The van der Waals surface area contributed by atoms with Crippen LogP contribution in [-0.4, -0.2) is 208 Å². The smallest absolute Gasteiger partial charge is 0.303 e. The molecule has 18 N–H and O–H groups in total. The van der Waals surface area contributed by atoms with E-state index in [0.29, 0.717) is 39.8 Å². The van der Waals surface area contributed by atoms with Crippen molar-refractivity contribution in [3.63, 3.8) is 0 Å². The predicted octanol–water partition coefficient (Wildman–Crippen LogP) is -0.659. The van der Waals surface area contributed by atoms with Crippen molar-refractivity contribution in [2.24, 2.45) is 28.5 Å². The van der Waals surface area contributed by atoms with Crippen molar-refractivity contribution in [3.8, 4) is 0 Å². The van der Waals surface area contributed by atoms with Crippen molar-refractivity contribution < 1.29 is 72.5 Å². The Balaban J connectivity index is 1.21. The highest BCUT2D eigenvalue weighted by Gasteiger charge is 2.38. The number of nitrogens with one attached hydrogen (secondary N) is 14. The zero-order valence-electron chi connectivity index (χ0n) is 61.3. The summed E-state index contributed by atoms with van der Waals surface area (Å²) in [6.45, 7) is 15.9. The minimum atomic E-state index is -1.63. The van der Waals surface area contributed by atoms with Gasteiger partial charge in [-0.05, 0) is 113 Å². The van der Waals surface area contributed by atoms with E-state index in [9.17, 15) is 72.5 Å². The molecule has 35 heteroatoms. The first-order valence-electron chi connectivity index (χ1n) is 35.8. The summed E-state index contributed by atoms with van der Waals surface area (Å²) in [5, 5.41) is 59.2. The number of carboxylic acid groups (broad SMARTS) is 1. The highest BCUT2D eigenvalue weighted by Crippen LogP contribution is 2.23. The second-order valence-electron chi connectivity index (χ2n) is 28.1. The van der Waals surface area contributed by atoms with E-state index in [-0.39, 0.29) is 76.2 Å². The van der Waals surface area contributed by atoms with Crippen molar-refractivity contribution >= 4 is 105 Å². The fraction of sp³-hybridized carbons (Fsp3) is 0.514. The molecule has 0 fully saturated rings. The molecule has 4 aromatic heterocycles. The number of primary amides is 1. The molecule has 1 aliphatic rings. The van der Waals surface area contributed by atoms with Gasteiger partial charge < -0.3 is 89.4 Å². The molecule has 578 valence electrons. The quantitative estimate of drug-likeness (QED) is 0.0448. The molecule has 0 unspecified atom stereocenters. The number of carbonyl (C=O) groups excluding carboxylic acids is 12. The highest BCUT2D eigenvalue weighted by atomic mass is 16.4. The number of imidazole rings is 1.